The van der Waals surface area contributed by atoms with Crippen LogP contribution in [0.4, 0.5) is 42.0 Å². The minimum absolute atomic E-state index is 0.243. The molecule has 11 heteroatoms. The zero-order valence-electron chi connectivity index (χ0n) is 19.8. The standard InChI is InChI=1S/C26H22F3N5O3/c1-16-15-23(31-17-11-13-20(36-2)14-12-17)34-25(30-16)33-19-9-7-18(8-10-19)32-24(35)21-5-3-4-6-22(21)37-26(27,28)29/h3-15H,1-2H3,(H,32,35)(H2,30,31,33,34). The van der Waals surface area contributed by atoms with Crippen LogP contribution in [0.15, 0.2) is 78.9 Å². The molecule has 0 aliphatic rings. The molecule has 1 heterocycles. The topological polar surface area (TPSA) is 97.4 Å². The van der Waals surface area contributed by atoms with E-state index in [0.29, 0.717) is 23.1 Å². The molecule has 0 bridgehead atoms. The molecular weight excluding hydrogens is 487 g/mol. The third kappa shape index (κ3) is 7.10. The van der Waals surface area contributed by atoms with Gasteiger partial charge in [-0.1, -0.05) is 12.1 Å². The van der Waals surface area contributed by atoms with Crippen LogP contribution in [0.1, 0.15) is 16.1 Å². The van der Waals surface area contributed by atoms with Crippen molar-refractivity contribution in [3.8, 4) is 11.5 Å². The van der Waals surface area contributed by atoms with E-state index in [-0.39, 0.29) is 5.56 Å². The number of hydrogen-bond acceptors (Lipinski definition) is 7. The highest BCUT2D eigenvalue weighted by atomic mass is 19.4. The number of aryl methyl sites for hydroxylation is 1. The number of methoxy groups -OCH3 is 1. The first-order valence-corrected chi connectivity index (χ1v) is 11.0. The molecule has 37 heavy (non-hydrogen) atoms. The van der Waals surface area contributed by atoms with E-state index in [9.17, 15) is 18.0 Å². The van der Waals surface area contributed by atoms with Crippen LogP contribution in [0, 0.1) is 6.92 Å². The molecule has 0 unspecified atom stereocenters. The molecule has 0 saturated heterocycles. The zero-order valence-corrected chi connectivity index (χ0v) is 19.8. The number of halogens is 3. The molecule has 1 amide bonds. The summed E-state index contributed by atoms with van der Waals surface area (Å²) < 4.78 is 47.0. The fraction of sp³-hybridized carbons (Fsp3) is 0.115. The molecule has 190 valence electrons. The summed E-state index contributed by atoms with van der Waals surface area (Å²) in [6.45, 7) is 1.84. The summed E-state index contributed by atoms with van der Waals surface area (Å²) in [6.07, 6.45) is -4.91. The highest BCUT2D eigenvalue weighted by molar-refractivity contribution is 6.06. The normalized spacial score (nSPS) is 10.9. The Hall–Kier alpha value is -4.80. The van der Waals surface area contributed by atoms with Crippen LogP contribution in [0.25, 0.3) is 0 Å². The lowest BCUT2D eigenvalue weighted by molar-refractivity contribution is -0.274. The average Bonchev–Trinajstić information content (AvgIpc) is 2.85. The smallest absolute Gasteiger partial charge is 0.497 e. The fourth-order valence-corrected chi connectivity index (χ4v) is 3.34. The van der Waals surface area contributed by atoms with Crippen LogP contribution in [0.2, 0.25) is 0 Å². The molecule has 0 saturated carbocycles. The van der Waals surface area contributed by atoms with Crippen LogP contribution >= 0.6 is 0 Å². The maximum atomic E-state index is 12.6. The molecule has 0 radical (unpaired) electrons. The Labute approximate surface area is 210 Å². The summed E-state index contributed by atoms with van der Waals surface area (Å²) in [6, 6.07) is 20.9. The van der Waals surface area contributed by atoms with E-state index in [1.807, 2.05) is 31.2 Å². The molecule has 0 aliphatic carbocycles. The lowest BCUT2D eigenvalue weighted by atomic mass is 10.2. The van der Waals surface area contributed by atoms with Crippen molar-refractivity contribution < 1.29 is 27.4 Å². The minimum Gasteiger partial charge on any atom is -0.497 e. The number of carbonyl (C=O) groups is 1. The molecule has 0 fully saturated rings. The second-order valence-corrected chi connectivity index (χ2v) is 7.77. The van der Waals surface area contributed by atoms with Crippen molar-refractivity contribution in [3.05, 3.63) is 90.1 Å². The predicted octanol–water partition coefficient (Wildman–Crippen LogP) is 6.43. The summed E-state index contributed by atoms with van der Waals surface area (Å²) in [5.74, 6) is 0.360. The number of aromatic nitrogens is 2. The van der Waals surface area contributed by atoms with Crippen molar-refractivity contribution in [2.24, 2.45) is 0 Å². The second kappa shape index (κ2) is 10.9. The first-order valence-electron chi connectivity index (χ1n) is 11.0. The Bertz CT molecular complexity index is 1380. The van der Waals surface area contributed by atoms with Gasteiger partial charge in [0.15, 0.2) is 0 Å². The predicted molar refractivity (Wildman–Crippen MR) is 134 cm³/mol. The number of anilines is 5. The lowest BCUT2D eigenvalue weighted by Gasteiger charge is -2.13. The van der Waals surface area contributed by atoms with E-state index >= 15 is 0 Å². The van der Waals surface area contributed by atoms with Gasteiger partial charge >= 0.3 is 6.36 Å². The molecule has 8 nitrogen and oxygen atoms in total. The van der Waals surface area contributed by atoms with Crippen molar-refractivity contribution in [3.63, 3.8) is 0 Å². The summed E-state index contributed by atoms with van der Waals surface area (Å²) in [7, 11) is 1.60. The Morgan fingerprint density at radius 1 is 0.838 bits per heavy atom. The second-order valence-electron chi connectivity index (χ2n) is 7.77. The van der Waals surface area contributed by atoms with Gasteiger partial charge in [-0.05, 0) is 67.6 Å². The zero-order chi connectivity index (χ0) is 26.4. The quantitative estimate of drug-likeness (QED) is 0.252. The van der Waals surface area contributed by atoms with Crippen LogP contribution in [0.5, 0.6) is 11.5 Å². The van der Waals surface area contributed by atoms with E-state index < -0.39 is 18.0 Å². The Balaban J connectivity index is 1.42. The van der Waals surface area contributed by atoms with Crippen molar-refractivity contribution in [2.45, 2.75) is 13.3 Å². The number of amides is 1. The Morgan fingerprint density at radius 3 is 2.14 bits per heavy atom. The van der Waals surface area contributed by atoms with Gasteiger partial charge in [-0.15, -0.1) is 13.2 Å². The van der Waals surface area contributed by atoms with Gasteiger partial charge in [0.2, 0.25) is 5.95 Å². The van der Waals surface area contributed by atoms with E-state index in [1.54, 1.807) is 37.4 Å². The van der Waals surface area contributed by atoms with Crippen molar-refractivity contribution in [1.82, 2.24) is 9.97 Å². The van der Waals surface area contributed by atoms with Gasteiger partial charge in [0.25, 0.3) is 5.91 Å². The van der Waals surface area contributed by atoms with Crippen molar-refractivity contribution in [1.29, 1.82) is 0 Å². The molecule has 0 atom stereocenters. The van der Waals surface area contributed by atoms with Crippen LogP contribution in [0.3, 0.4) is 0 Å². The van der Waals surface area contributed by atoms with Gasteiger partial charge in [-0.25, -0.2) is 4.98 Å². The van der Waals surface area contributed by atoms with Gasteiger partial charge in [0.05, 0.1) is 12.7 Å². The largest absolute Gasteiger partial charge is 0.573 e. The van der Waals surface area contributed by atoms with Gasteiger partial charge in [0.1, 0.15) is 17.3 Å². The summed E-state index contributed by atoms with van der Waals surface area (Å²) in [5, 5.41) is 8.87. The molecule has 1 aromatic heterocycles. The number of nitrogens with one attached hydrogen (secondary N) is 3. The van der Waals surface area contributed by atoms with E-state index in [2.05, 4.69) is 30.7 Å². The van der Waals surface area contributed by atoms with Crippen molar-refractivity contribution in [2.75, 3.05) is 23.1 Å². The number of hydrogen-bond donors (Lipinski definition) is 3. The highest BCUT2D eigenvalue weighted by Gasteiger charge is 2.32. The van der Waals surface area contributed by atoms with E-state index in [4.69, 9.17) is 4.74 Å². The Kier molecular flexibility index (Phi) is 7.42. The first-order chi connectivity index (χ1) is 17.7. The SMILES string of the molecule is COc1ccc(Nc2cc(C)nc(Nc3ccc(NC(=O)c4ccccc4OC(F)(F)F)cc3)n2)cc1. The van der Waals surface area contributed by atoms with Gasteiger partial charge < -0.3 is 25.4 Å². The van der Waals surface area contributed by atoms with Gasteiger partial charge in [-0.2, -0.15) is 4.98 Å². The maximum Gasteiger partial charge on any atom is 0.573 e. The highest BCUT2D eigenvalue weighted by Crippen LogP contribution is 2.27. The molecule has 4 rings (SSSR count). The fourth-order valence-electron chi connectivity index (χ4n) is 3.34. The number of alkyl halides is 3. The number of carbonyl (C=O) groups excluding carboxylic acids is 1. The average molecular weight is 509 g/mol. The number of ether oxygens (including phenoxy) is 2. The molecule has 3 N–H and O–H groups in total. The summed E-state index contributed by atoms with van der Waals surface area (Å²) in [5.41, 5.74) is 2.33. The summed E-state index contributed by atoms with van der Waals surface area (Å²) in [4.78, 5) is 21.4. The number of para-hydroxylation sites is 1. The molecule has 0 spiro atoms. The minimum atomic E-state index is -4.91. The molecule has 4 aromatic rings. The number of rotatable bonds is 8. The van der Waals surface area contributed by atoms with Crippen LogP contribution in [-0.2, 0) is 0 Å². The van der Waals surface area contributed by atoms with Crippen LogP contribution < -0.4 is 25.4 Å². The number of benzene rings is 3. The van der Waals surface area contributed by atoms with E-state index in [1.165, 1.54) is 18.2 Å². The molecule has 3 aromatic carbocycles. The third-order valence-corrected chi connectivity index (χ3v) is 4.97. The third-order valence-electron chi connectivity index (χ3n) is 4.97. The maximum absolute atomic E-state index is 12.6. The van der Waals surface area contributed by atoms with Crippen molar-refractivity contribution >= 4 is 34.7 Å². The molecule has 0 aliphatic heterocycles. The Morgan fingerprint density at radius 2 is 1.46 bits per heavy atom. The molecular formula is C26H22F3N5O3. The first kappa shape index (κ1) is 25.3. The number of nitrogens with zero attached hydrogens (tertiary/aromatic N) is 2. The lowest BCUT2D eigenvalue weighted by Crippen LogP contribution is -2.20. The summed E-state index contributed by atoms with van der Waals surface area (Å²) >= 11 is 0. The van der Waals surface area contributed by atoms with E-state index in [0.717, 1.165) is 23.2 Å². The monoisotopic (exact) mass is 509 g/mol. The van der Waals surface area contributed by atoms with Gasteiger partial charge in [0, 0.05) is 28.8 Å². The van der Waals surface area contributed by atoms with Gasteiger partial charge in [-0.3, -0.25) is 4.79 Å². The van der Waals surface area contributed by atoms with Crippen LogP contribution in [-0.4, -0.2) is 29.3 Å².